The van der Waals surface area contributed by atoms with Crippen LogP contribution in [-0.2, 0) is 14.3 Å². The average Bonchev–Trinajstić information content (AvgIpc) is 2.61. The third kappa shape index (κ3) is 6.47. The van der Waals surface area contributed by atoms with Crippen LogP contribution in [0.5, 0.6) is 0 Å². The summed E-state index contributed by atoms with van der Waals surface area (Å²) in [6, 6.07) is 17.3. The van der Waals surface area contributed by atoms with E-state index in [1.54, 1.807) is 5.41 Å². The molecule has 0 atom stereocenters. The van der Waals surface area contributed by atoms with Crippen LogP contribution >= 0.6 is 11.8 Å². The van der Waals surface area contributed by atoms with Gasteiger partial charge in [-0.25, -0.2) is 4.79 Å². The summed E-state index contributed by atoms with van der Waals surface area (Å²) in [6.45, 7) is 3.80. The summed E-state index contributed by atoms with van der Waals surface area (Å²) in [5.41, 5.74) is 1.79. The first-order valence-electron chi connectivity index (χ1n) is 8.00. The van der Waals surface area contributed by atoms with Gasteiger partial charge in [0.25, 0.3) is 5.91 Å². The number of rotatable bonds is 7. The van der Waals surface area contributed by atoms with E-state index in [4.69, 9.17) is 4.74 Å². The number of carbonyl (C=O) groups is 2. The van der Waals surface area contributed by atoms with Crippen molar-refractivity contribution in [3.8, 4) is 0 Å². The van der Waals surface area contributed by atoms with Gasteiger partial charge in [-0.15, -0.1) is 0 Å². The minimum absolute atomic E-state index is 0.289. The molecule has 0 aliphatic rings. The predicted octanol–water partition coefficient (Wildman–Crippen LogP) is 4.60. The molecule has 0 saturated carbocycles. The Morgan fingerprint density at radius 2 is 1.76 bits per heavy atom. The van der Waals surface area contributed by atoms with Crippen molar-refractivity contribution < 1.29 is 14.3 Å². The molecule has 130 valence electrons. The lowest BCUT2D eigenvalue weighted by molar-refractivity contribution is -0.142. The van der Waals surface area contributed by atoms with E-state index < -0.39 is 5.97 Å². The number of benzene rings is 2. The fourth-order valence-corrected chi connectivity index (χ4v) is 2.80. The van der Waals surface area contributed by atoms with E-state index in [0.717, 1.165) is 16.1 Å². The Balaban J connectivity index is 1.79. The first-order chi connectivity index (χ1) is 12.1. The molecular formula is C20H21NO3S. The minimum Gasteiger partial charge on any atom is -0.452 e. The molecule has 1 amide bonds. The molecule has 5 heteroatoms. The molecule has 0 spiro atoms. The molecule has 0 aromatic heterocycles. The molecule has 0 heterocycles. The molecule has 0 fully saturated rings. The van der Waals surface area contributed by atoms with E-state index in [9.17, 15) is 9.59 Å². The predicted molar refractivity (Wildman–Crippen MR) is 102 cm³/mol. The van der Waals surface area contributed by atoms with Crippen molar-refractivity contribution >= 4 is 29.3 Å². The van der Waals surface area contributed by atoms with Crippen molar-refractivity contribution in [2.45, 2.75) is 24.7 Å². The molecule has 4 nitrogen and oxygen atoms in total. The molecule has 2 rings (SSSR count). The summed E-state index contributed by atoms with van der Waals surface area (Å²) in [4.78, 5) is 24.7. The summed E-state index contributed by atoms with van der Waals surface area (Å²) in [5, 5.41) is 4.43. The number of nitrogens with one attached hydrogen (secondary N) is 1. The molecule has 0 aliphatic heterocycles. The summed E-state index contributed by atoms with van der Waals surface area (Å²) >= 11 is 1.41. The van der Waals surface area contributed by atoms with Gasteiger partial charge < -0.3 is 10.1 Å². The number of carbonyl (C=O) groups excluding carboxylic acids is 2. The second-order valence-electron chi connectivity index (χ2n) is 5.63. The van der Waals surface area contributed by atoms with Crippen LogP contribution in [0.3, 0.4) is 0 Å². The van der Waals surface area contributed by atoms with Crippen LogP contribution in [0.25, 0.3) is 0 Å². The van der Waals surface area contributed by atoms with Crippen molar-refractivity contribution in [2.75, 3.05) is 11.9 Å². The van der Waals surface area contributed by atoms with Gasteiger partial charge in [-0.3, -0.25) is 4.79 Å². The Labute approximate surface area is 152 Å². The van der Waals surface area contributed by atoms with Crippen molar-refractivity contribution in [3.05, 3.63) is 71.6 Å². The Morgan fingerprint density at radius 3 is 2.48 bits per heavy atom. The molecule has 0 aliphatic carbocycles. The maximum atomic E-state index is 12.0. The Kier molecular flexibility index (Phi) is 7.29. The van der Waals surface area contributed by atoms with Gasteiger partial charge in [-0.2, -0.15) is 0 Å². The molecule has 25 heavy (non-hydrogen) atoms. The number of anilines is 1. The van der Waals surface area contributed by atoms with Gasteiger partial charge >= 0.3 is 5.97 Å². The van der Waals surface area contributed by atoms with Gasteiger partial charge in [0, 0.05) is 16.7 Å². The highest BCUT2D eigenvalue weighted by molar-refractivity contribution is 8.02. The number of amides is 1. The van der Waals surface area contributed by atoms with Gasteiger partial charge in [0.05, 0.1) is 0 Å². The maximum absolute atomic E-state index is 12.0. The van der Waals surface area contributed by atoms with Crippen LogP contribution in [0.2, 0.25) is 0 Å². The van der Waals surface area contributed by atoms with Crippen LogP contribution < -0.4 is 5.32 Å². The third-order valence-electron chi connectivity index (χ3n) is 3.35. The van der Waals surface area contributed by atoms with Crippen LogP contribution in [-0.4, -0.2) is 18.5 Å². The van der Waals surface area contributed by atoms with E-state index in [-0.39, 0.29) is 18.4 Å². The van der Waals surface area contributed by atoms with E-state index in [1.165, 1.54) is 17.8 Å². The first kappa shape index (κ1) is 18.8. The van der Waals surface area contributed by atoms with E-state index in [1.807, 2.05) is 54.6 Å². The Bertz CT molecular complexity index is 742. The molecule has 0 unspecified atom stereocenters. The third-order valence-corrected chi connectivity index (χ3v) is 4.17. The van der Waals surface area contributed by atoms with Crippen molar-refractivity contribution in [1.82, 2.24) is 0 Å². The van der Waals surface area contributed by atoms with Crippen LogP contribution in [0.1, 0.15) is 25.3 Å². The van der Waals surface area contributed by atoms with Crippen LogP contribution in [0.15, 0.2) is 71.0 Å². The highest BCUT2D eigenvalue weighted by Gasteiger charge is 2.10. The van der Waals surface area contributed by atoms with Crippen molar-refractivity contribution in [3.63, 3.8) is 0 Å². The number of ether oxygens (including phenoxy) is 1. The fraction of sp³-hybridized carbons (Fsp3) is 0.200. The smallest absolute Gasteiger partial charge is 0.331 e. The number of hydrogen-bond donors (Lipinski definition) is 1. The van der Waals surface area contributed by atoms with Gasteiger partial charge in [-0.05, 0) is 35.1 Å². The lowest BCUT2D eigenvalue weighted by Crippen LogP contribution is -2.21. The van der Waals surface area contributed by atoms with E-state index >= 15 is 0 Å². The SMILES string of the molecule is CC(C)c1ccccc1NC(=O)COC(=O)/C=C/Sc1ccccc1. The number of thioether (sulfide) groups is 1. The largest absolute Gasteiger partial charge is 0.452 e. The number of hydrogen-bond acceptors (Lipinski definition) is 4. The van der Waals surface area contributed by atoms with Gasteiger partial charge in [0.1, 0.15) is 0 Å². The molecule has 1 N–H and O–H groups in total. The summed E-state index contributed by atoms with van der Waals surface area (Å²) in [6.07, 6.45) is 1.31. The summed E-state index contributed by atoms with van der Waals surface area (Å²) < 4.78 is 4.96. The molecule has 0 saturated heterocycles. The minimum atomic E-state index is -0.546. The monoisotopic (exact) mass is 355 g/mol. The zero-order valence-electron chi connectivity index (χ0n) is 14.3. The van der Waals surface area contributed by atoms with Crippen molar-refractivity contribution in [2.24, 2.45) is 0 Å². The zero-order valence-corrected chi connectivity index (χ0v) is 15.1. The molecule has 2 aromatic rings. The molecule has 2 aromatic carbocycles. The van der Waals surface area contributed by atoms with Gasteiger partial charge in [0.2, 0.25) is 0 Å². The lowest BCUT2D eigenvalue weighted by atomic mass is 10.0. The number of para-hydroxylation sites is 1. The first-order valence-corrected chi connectivity index (χ1v) is 8.88. The second kappa shape index (κ2) is 9.69. The van der Waals surface area contributed by atoms with Crippen LogP contribution in [0.4, 0.5) is 5.69 Å². The highest BCUT2D eigenvalue weighted by Crippen LogP contribution is 2.23. The molecule has 0 radical (unpaired) electrons. The average molecular weight is 355 g/mol. The van der Waals surface area contributed by atoms with Crippen LogP contribution in [0, 0.1) is 0 Å². The normalized spacial score (nSPS) is 10.8. The second-order valence-corrected chi connectivity index (χ2v) is 6.61. The van der Waals surface area contributed by atoms with E-state index in [0.29, 0.717) is 0 Å². The Hall–Kier alpha value is -2.53. The van der Waals surface area contributed by atoms with Gasteiger partial charge in [-0.1, -0.05) is 62.0 Å². The molecule has 0 bridgehead atoms. The quantitative estimate of drug-likeness (QED) is 0.448. The standard InChI is InChI=1S/C20H21NO3S/c1-15(2)17-10-6-7-11-18(17)21-19(22)14-24-20(23)12-13-25-16-8-4-3-5-9-16/h3-13,15H,14H2,1-2H3,(H,21,22)/b13-12+. The molecular weight excluding hydrogens is 334 g/mol. The fourth-order valence-electron chi connectivity index (χ4n) is 2.15. The zero-order chi connectivity index (χ0) is 18.1. The van der Waals surface area contributed by atoms with Gasteiger partial charge in [0.15, 0.2) is 6.61 Å². The van der Waals surface area contributed by atoms with Crippen molar-refractivity contribution in [1.29, 1.82) is 0 Å². The summed E-state index contributed by atoms with van der Waals surface area (Å²) in [7, 11) is 0. The highest BCUT2D eigenvalue weighted by atomic mass is 32.2. The number of esters is 1. The maximum Gasteiger partial charge on any atom is 0.331 e. The Morgan fingerprint density at radius 1 is 1.08 bits per heavy atom. The summed E-state index contributed by atoms with van der Waals surface area (Å²) in [5.74, 6) is -0.613. The topological polar surface area (TPSA) is 55.4 Å². The van der Waals surface area contributed by atoms with E-state index in [2.05, 4.69) is 19.2 Å². The lowest BCUT2D eigenvalue weighted by Gasteiger charge is -2.13.